The highest BCUT2D eigenvalue weighted by Gasteiger charge is 2.14. The highest BCUT2D eigenvalue weighted by atomic mass is 16.6. The molecule has 0 aliphatic rings. The molecule has 5 nitrogen and oxygen atoms in total. The van der Waals surface area contributed by atoms with Crippen LogP contribution in [0, 0.1) is 10.1 Å². The fraction of sp³-hybridized carbons (Fsp3) is 0.538. The van der Waals surface area contributed by atoms with E-state index < -0.39 is 0 Å². The van der Waals surface area contributed by atoms with Crippen LogP contribution in [0.25, 0.3) is 0 Å². The number of nitrogens with one attached hydrogen (secondary N) is 1. The molecule has 18 heavy (non-hydrogen) atoms. The molecule has 0 aliphatic carbocycles. The lowest BCUT2D eigenvalue weighted by Crippen LogP contribution is -2.23. The van der Waals surface area contributed by atoms with E-state index in [0.717, 1.165) is 17.7 Å². The van der Waals surface area contributed by atoms with Crippen LogP contribution in [0.5, 0.6) is 0 Å². The molecule has 0 amide bonds. The highest BCUT2D eigenvalue weighted by molar-refractivity contribution is 5.55. The lowest BCUT2D eigenvalue weighted by atomic mass is 10.1. The Morgan fingerprint density at radius 1 is 1.44 bits per heavy atom. The first kappa shape index (κ1) is 14.4. The van der Waals surface area contributed by atoms with E-state index >= 15 is 0 Å². The number of rotatable bonds is 7. The average molecular weight is 252 g/mol. The number of nitro groups is 1. The van der Waals surface area contributed by atoms with Gasteiger partial charge in [-0.25, -0.2) is 0 Å². The fourth-order valence-corrected chi connectivity index (χ4v) is 1.82. The maximum absolute atomic E-state index is 11.0. The van der Waals surface area contributed by atoms with Gasteiger partial charge in [0.2, 0.25) is 0 Å². The van der Waals surface area contributed by atoms with Crippen molar-refractivity contribution in [3.8, 4) is 0 Å². The lowest BCUT2D eigenvalue weighted by Gasteiger charge is -2.17. The summed E-state index contributed by atoms with van der Waals surface area (Å²) in [5, 5.41) is 14.2. The van der Waals surface area contributed by atoms with Crippen LogP contribution in [0.1, 0.15) is 25.8 Å². The normalized spacial score (nSPS) is 12.2. The zero-order valence-electron chi connectivity index (χ0n) is 11.1. The molecule has 1 N–H and O–H groups in total. The Morgan fingerprint density at radius 2 is 2.17 bits per heavy atom. The number of benzene rings is 1. The van der Waals surface area contributed by atoms with Crippen LogP contribution in [0.4, 0.5) is 11.4 Å². The molecule has 0 aromatic heterocycles. The van der Waals surface area contributed by atoms with Crippen LogP contribution in [0.15, 0.2) is 18.2 Å². The molecule has 0 aliphatic heterocycles. The van der Waals surface area contributed by atoms with Gasteiger partial charge in [0.15, 0.2) is 0 Å². The van der Waals surface area contributed by atoms with Gasteiger partial charge >= 0.3 is 0 Å². The zero-order valence-corrected chi connectivity index (χ0v) is 11.1. The maximum atomic E-state index is 11.0. The van der Waals surface area contributed by atoms with Crippen molar-refractivity contribution in [2.24, 2.45) is 0 Å². The lowest BCUT2D eigenvalue weighted by molar-refractivity contribution is -0.385. The topological polar surface area (TPSA) is 64.4 Å². The first-order chi connectivity index (χ1) is 8.62. The van der Waals surface area contributed by atoms with E-state index in [-0.39, 0.29) is 16.7 Å². The molecule has 1 rings (SSSR count). The predicted octanol–water partition coefficient (Wildman–Crippen LogP) is 2.99. The zero-order chi connectivity index (χ0) is 13.5. The third-order valence-corrected chi connectivity index (χ3v) is 2.89. The quantitative estimate of drug-likeness (QED) is 0.598. The summed E-state index contributed by atoms with van der Waals surface area (Å²) in [4.78, 5) is 10.6. The van der Waals surface area contributed by atoms with Gasteiger partial charge in [0.05, 0.1) is 11.5 Å². The molecule has 0 heterocycles. The van der Waals surface area contributed by atoms with Gasteiger partial charge in [0.1, 0.15) is 0 Å². The number of methoxy groups -OCH3 is 1. The molecular weight excluding hydrogens is 232 g/mol. The second kappa shape index (κ2) is 6.96. The summed E-state index contributed by atoms with van der Waals surface area (Å²) < 4.78 is 5.09. The van der Waals surface area contributed by atoms with Crippen LogP contribution in [0.2, 0.25) is 0 Å². The van der Waals surface area contributed by atoms with E-state index in [4.69, 9.17) is 4.74 Å². The minimum Gasteiger partial charge on any atom is -0.383 e. The van der Waals surface area contributed by atoms with Crippen LogP contribution < -0.4 is 5.32 Å². The van der Waals surface area contributed by atoms with Gasteiger partial charge in [-0.05, 0) is 18.9 Å². The van der Waals surface area contributed by atoms with Crippen molar-refractivity contribution in [2.45, 2.75) is 32.7 Å². The van der Waals surface area contributed by atoms with Crippen molar-refractivity contribution in [3.05, 3.63) is 33.9 Å². The molecule has 5 heteroatoms. The van der Waals surface area contributed by atoms with Crippen molar-refractivity contribution < 1.29 is 9.66 Å². The Morgan fingerprint density at radius 3 is 2.67 bits per heavy atom. The Balaban J connectivity index is 2.90. The largest absolute Gasteiger partial charge is 0.383 e. The molecule has 0 radical (unpaired) electrons. The minimum atomic E-state index is -0.332. The molecule has 0 saturated carbocycles. The highest BCUT2D eigenvalue weighted by Crippen LogP contribution is 2.24. The van der Waals surface area contributed by atoms with Crippen LogP contribution in [-0.2, 0) is 11.2 Å². The predicted molar refractivity (Wildman–Crippen MR) is 72.1 cm³/mol. The Labute approximate surface area is 107 Å². The number of nitro benzene ring substituents is 1. The van der Waals surface area contributed by atoms with Gasteiger partial charge in [0, 0.05) is 30.5 Å². The Bertz CT molecular complexity index is 407. The number of hydrogen-bond acceptors (Lipinski definition) is 4. The van der Waals surface area contributed by atoms with Crippen molar-refractivity contribution >= 4 is 11.4 Å². The van der Waals surface area contributed by atoms with Crippen LogP contribution in [-0.4, -0.2) is 24.7 Å². The summed E-state index contributed by atoms with van der Waals surface area (Å²) in [6, 6.07) is 5.45. The summed E-state index contributed by atoms with van der Waals surface area (Å²) in [7, 11) is 1.65. The van der Waals surface area contributed by atoms with E-state index in [2.05, 4.69) is 5.32 Å². The molecular formula is C13H20N2O3. The molecule has 1 atom stereocenters. The van der Waals surface area contributed by atoms with Gasteiger partial charge < -0.3 is 10.1 Å². The van der Waals surface area contributed by atoms with E-state index in [1.807, 2.05) is 19.9 Å². The number of hydrogen-bond donors (Lipinski definition) is 1. The van der Waals surface area contributed by atoms with Gasteiger partial charge in [-0.2, -0.15) is 0 Å². The molecule has 1 aromatic carbocycles. The summed E-state index contributed by atoms with van der Waals surface area (Å²) >= 11 is 0. The second-order valence-corrected chi connectivity index (χ2v) is 4.16. The second-order valence-electron chi connectivity index (χ2n) is 4.16. The fourth-order valence-electron chi connectivity index (χ4n) is 1.82. The van der Waals surface area contributed by atoms with Crippen molar-refractivity contribution in [1.82, 2.24) is 0 Å². The first-order valence-corrected chi connectivity index (χ1v) is 6.15. The number of aryl methyl sites for hydroxylation is 1. The average Bonchev–Trinajstić information content (AvgIpc) is 2.38. The Kier molecular flexibility index (Phi) is 5.58. The first-order valence-electron chi connectivity index (χ1n) is 6.15. The molecule has 1 aromatic rings. The van der Waals surface area contributed by atoms with Gasteiger partial charge in [-0.1, -0.05) is 19.9 Å². The smallest absolute Gasteiger partial charge is 0.274 e. The van der Waals surface area contributed by atoms with Gasteiger partial charge in [0.25, 0.3) is 5.69 Å². The molecule has 0 spiro atoms. The van der Waals surface area contributed by atoms with Crippen LogP contribution in [0.3, 0.4) is 0 Å². The minimum absolute atomic E-state index is 0.169. The molecule has 0 bridgehead atoms. The van der Waals surface area contributed by atoms with E-state index in [0.29, 0.717) is 13.0 Å². The molecule has 1 unspecified atom stereocenters. The van der Waals surface area contributed by atoms with Gasteiger partial charge in [-0.15, -0.1) is 0 Å². The summed E-state index contributed by atoms with van der Waals surface area (Å²) in [6.45, 7) is 4.54. The van der Waals surface area contributed by atoms with E-state index in [9.17, 15) is 10.1 Å². The maximum Gasteiger partial charge on any atom is 0.274 e. The van der Waals surface area contributed by atoms with Crippen molar-refractivity contribution in [3.63, 3.8) is 0 Å². The SMILES string of the molecule is CCc1ccc(NC(CC)COC)cc1[N+](=O)[O-]. The van der Waals surface area contributed by atoms with Crippen LogP contribution >= 0.6 is 0 Å². The monoisotopic (exact) mass is 252 g/mol. The van der Waals surface area contributed by atoms with E-state index in [1.54, 1.807) is 19.2 Å². The van der Waals surface area contributed by atoms with Crippen molar-refractivity contribution in [1.29, 1.82) is 0 Å². The third-order valence-electron chi connectivity index (χ3n) is 2.89. The number of ether oxygens (including phenoxy) is 1. The number of nitrogens with zero attached hydrogens (tertiary/aromatic N) is 1. The summed E-state index contributed by atoms with van der Waals surface area (Å²) in [6.07, 6.45) is 1.56. The Hall–Kier alpha value is -1.62. The number of anilines is 1. The standard InChI is InChI=1S/C13H20N2O3/c1-4-10-6-7-12(8-13(10)15(16)17)14-11(5-2)9-18-3/h6-8,11,14H,4-5,9H2,1-3H3. The van der Waals surface area contributed by atoms with E-state index in [1.165, 1.54) is 0 Å². The molecule has 0 saturated heterocycles. The molecule has 100 valence electrons. The summed E-state index contributed by atoms with van der Waals surface area (Å²) in [5.41, 5.74) is 1.70. The van der Waals surface area contributed by atoms with Gasteiger partial charge in [-0.3, -0.25) is 10.1 Å². The molecule has 0 fully saturated rings. The van der Waals surface area contributed by atoms with Crippen molar-refractivity contribution in [2.75, 3.05) is 19.0 Å². The third kappa shape index (κ3) is 3.70. The summed E-state index contributed by atoms with van der Waals surface area (Å²) in [5.74, 6) is 0.